The summed E-state index contributed by atoms with van der Waals surface area (Å²) in [5.41, 5.74) is 7.00. The Morgan fingerprint density at radius 2 is 1.83 bits per heavy atom. The van der Waals surface area contributed by atoms with Crippen molar-refractivity contribution in [1.82, 2.24) is 10.2 Å². The van der Waals surface area contributed by atoms with Gasteiger partial charge in [-0.05, 0) is 24.5 Å². The third-order valence-electron chi connectivity index (χ3n) is 7.53. The van der Waals surface area contributed by atoms with E-state index >= 15 is 0 Å². The maximum absolute atomic E-state index is 13.9. The van der Waals surface area contributed by atoms with Crippen molar-refractivity contribution in [3.8, 4) is 5.75 Å². The summed E-state index contributed by atoms with van der Waals surface area (Å²) in [5, 5.41) is 6.31. The Labute approximate surface area is 203 Å². The Kier molecular flexibility index (Phi) is 5.59. The fraction of sp³-hybridized carbons (Fsp3) is 0.385. The van der Waals surface area contributed by atoms with E-state index in [1.165, 1.54) is 12.0 Å². The summed E-state index contributed by atoms with van der Waals surface area (Å²) in [5.74, 6) is -2.79. The molecule has 2 aromatic carbocycles. The van der Waals surface area contributed by atoms with Crippen molar-refractivity contribution in [3.05, 3.63) is 59.2 Å². The molecule has 0 saturated carbocycles. The van der Waals surface area contributed by atoms with Crippen LogP contribution < -0.4 is 21.1 Å². The molecule has 4 N–H and O–H groups in total. The SMILES string of the molecule is CCc1cccc2c1NC(=O)[C@]21N[C@H](CCC(N)=O)[C@H]2C(=O)N(Cc3ccccc3OC)C(=O)[C@H]21. The minimum atomic E-state index is -1.39. The molecule has 35 heavy (non-hydrogen) atoms. The molecule has 5 rings (SSSR count). The maximum atomic E-state index is 13.9. The van der Waals surface area contributed by atoms with Crippen molar-refractivity contribution in [1.29, 1.82) is 0 Å². The highest BCUT2D eigenvalue weighted by Gasteiger charge is 2.70. The molecule has 0 aromatic heterocycles. The highest BCUT2D eigenvalue weighted by molar-refractivity contribution is 6.15. The summed E-state index contributed by atoms with van der Waals surface area (Å²) in [4.78, 5) is 54.0. The predicted octanol–water partition coefficient (Wildman–Crippen LogP) is 1.44. The molecule has 4 amide bonds. The lowest BCUT2D eigenvalue weighted by Crippen LogP contribution is -2.53. The number of primary amides is 1. The molecule has 4 atom stereocenters. The first-order chi connectivity index (χ1) is 16.8. The normalized spacial score (nSPS) is 26.7. The van der Waals surface area contributed by atoms with Crippen LogP contribution in [0.3, 0.4) is 0 Å². The van der Waals surface area contributed by atoms with Crippen LogP contribution in [0.2, 0.25) is 0 Å². The average Bonchev–Trinajstić information content (AvgIpc) is 3.43. The number of nitrogens with one attached hydrogen (secondary N) is 2. The van der Waals surface area contributed by atoms with Gasteiger partial charge in [-0.15, -0.1) is 0 Å². The number of benzene rings is 2. The molecule has 2 fully saturated rings. The molecule has 9 nitrogen and oxygen atoms in total. The highest BCUT2D eigenvalue weighted by Crippen LogP contribution is 2.54. The lowest BCUT2D eigenvalue weighted by atomic mass is 9.76. The number of carbonyl (C=O) groups excluding carboxylic acids is 4. The smallest absolute Gasteiger partial charge is 0.250 e. The maximum Gasteiger partial charge on any atom is 0.250 e. The topological polar surface area (TPSA) is 131 Å². The van der Waals surface area contributed by atoms with Crippen LogP contribution in [-0.2, 0) is 37.7 Å². The van der Waals surface area contributed by atoms with Gasteiger partial charge in [0.2, 0.25) is 23.6 Å². The van der Waals surface area contributed by atoms with Gasteiger partial charge in [-0.25, -0.2) is 0 Å². The van der Waals surface area contributed by atoms with Crippen molar-refractivity contribution in [2.45, 2.75) is 44.3 Å². The third kappa shape index (κ3) is 3.33. The number of hydrogen-bond acceptors (Lipinski definition) is 6. The van der Waals surface area contributed by atoms with Gasteiger partial charge in [0.05, 0.1) is 25.5 Å². The number of hydrogen-bond donors (Lipinski definition) is 3. The Hall–Kier alpha value is -3.72. The van der Waals surface area contributed by atoms with Crippen molar-refractivity contribution < 1.29 is 23.9 Å². The summed E-state index contributed by atoms with van der Waals surface area (Å²) < 4.78 is 5.41. The molecule has 0 unspecified atom stereocenters. The molecule has 0 radical (unpaired) electrons. The van der Waals surface area contributed by atoms with E-state index in [0.717, 1.165) is 5.56 Å². The van der Waals surface area contributed by atoms with E-state index < -0.39 is 35.2 Å². The van der Waals surface area contributed by atoms with Gasteiger partial charge in [0.15, 0.2) is 0 Å². The van der Waals surface area contributed by atoms with E-state index in [4.69, 9.17) is 10.5 Å². The second kappa shape index (κ2) is 8.49. The third-order valence-corrected chi connectivity index (χ3v) is 7.53. The molecule has 2 saturated heterocycles. The van der Waals surface area contributed by atoms with Crippen molar-refractivity contribution in [2.24, 2.45) is 17.6 Å². The number of nitrogens with two attached hydrogens (primary N) is 1. The Bertz CT molecular complexity index is 1240. The van der Waals surface area contributed by atoms with Gasteiger partial charge in [0.25, 0.3) is 0 Å². The zero-order valence-corrected chi connectivity index (χ0v) is 19.7. The molecule has 9 heteroatoms. The Morgan fingerprint density at radius 3 is 2.54 bits per heavy atom. The second-order valence-corrected chi connectivity index (χ2v) is 9.29. The number of amides is 4. The molecule has 2 aromatic rings. The van der Waals surface area contributed by atoms with E-state index in [-0.39, 0.29) is 31.2 Å². The molecule has 3 aliphatic rings. The number of para-hydroxylation sites is 2. The Balaban J connectivity index is 1.60. The van der Waals surface area contributed by atoms with E-state index in [0.29, 0.717) is 29.0 Å². The zero-order chi connectivity index (χ0) is 24.9. The number of ether oxygens (including phenoxy) is 1. The monoisotopic (exact) mass is 476 g/mol. The van der Waals surface area contributed by atoms with Gasteiger partial charge < -0.3 is 15.8 Å². The minimum Gasteiger partial charge on any atom is -0.496 e. The van der Waals surface area contributed by atoms with Crippen molar-refractivity contribution in [3.63, 3.8) is 0 Å². The number of aryl methyl sites for hydroxylation is 1. The number of carbonyl (C=O) groups is 4. The van der Waals surface area contributed by atoms with Crippen LogP contribution in [0.4, 0.5) is 5.69 Å². The largest absolute Gasteiger partial charge is 0.496 e. The predicted molar refractivity (Wildman–Crippen MR) is 127 cm³/mol. The molecule has 3 aliphatic heterocycles. The number of methoxy groups -OCH3 is 1. The summed E-state index contributed by atoms with van der Waals surface area (Å²) in [7, 11) is 1.53. The van der Waals surface area contributed by atoms with Gasteiger partial charge in [-0.1, -0.05) is 43.3 Å². The standard InChI is InChI=1S/C26H28N4O5/c1-3-14-8-6-9-16-22(14)28-25(34)26(16)21-20(17(29-26)11-12-19(27)31)23(32)30(24(21)33)13-15-7-4-5-10-18(15)35-2/h4-10,17,20-21,29H,3,11-13H2,1-2H3,(H2,27,31)(H,28,34)/t17-,20-,21+,26+/m1/s1. The van der Waals surface area contributed by atoms with Crippen LogP contribution in [-0.4, -0.2) is 41.7 Å². The van der Waals surface area contributed by atoms with E-state index in [9.17, 15) is 19.2 Å². The number of fused-ring (bicyclic) bond motifs is 4. The van der Waals surface area contributed by atoms with Gasteiger partial charge in [-0.3, -0.25) is 29.4 Å². The fourth-order valence-corrected chi connectivity index (χ4v) is 5.95. The van der Waals surface area contributed by atoms with Gasteiger partial charge >= 0.3 is 0 Å². The quantitative estimate of drug-likeness (QED) is 0.519. The zero-order valence-electron chi connectivity index (χ0n) is 19.7. The van der Waals surface area contributed by atoms with Crippen molar-refractivity contribution >= 4 is 29.3 Å². The number of imide groups is 1. The van der Waals surface area contributed by atoms with Gasteiger partial charge in [-0.2, -0.15) is 0 Å². The molecular formula is C26H28N4O5. The number of nitrogens with zero attached hydrogens (tertiary/aromatic N) is 1. The molecule has 0 bridgehead atoms. The summed E-state index contributed by atoms with van der Waals surface area (Å²) in [6.07, 6.45) is 0.982. The number of anilines is 1. The molecule has 0 aliphatic carbocycles. The highest BCUT2D eigenvalue weighted by atomic mass is 16.5. The van der Waals surface area contributed by atoms with E-state index in [1.807, 2.05) is 37.3 Å². The lowest BCUT2D eigenvalue weighted by Gasteiger charge is -2.29. The van der Waals surface area contributed by atoms with Crippen LogP contribution in [0.25, 0.3) is 0 Å². The Morgan fingerprint density at radius 1 is 1.09 bits per heavy atom. The lowest BCUT2D eigenvalue weighted by molar-refractivity contribution is -0.143. The summed E-state index contributed by atoms with van der Waals surface area (Å²) in [6.45, 7) is 2.03. The van der Waals surface area contributed by atoms with Gasteiger partial charge in [0.1, 0.15) is 11.3 Å². The molecule has 182 valence electrons. The summed E-state index contributed by atoms with van der Waals surface area (Å²) in [6, 6.07) is 12.3. The minimum absolute atomic E-state index is 0.0361. The first kappa shape index (κ1) is 23.0. The number of rotatable bonds is 7. The second-order valence-electron chi connectivity index (χ2n) is 9.29. The molecule has 1 spiro atoms. The van der Waals surface area contributed by atoms with Crippen LogP contribution in [0.5, 0.6) is 5.75 Å². The average molecular weight is 477 g/mol. The molecule has 3 heterocycles. The summed E-state index contributed by atoms with van der Waals surface area (Å²) >= 11 is 0. The number of likely N-dealkylation sites (tertiary alicyclic amines) is 1. The van der Waals surface area contributed by atoms with Crippen LogP contribution in [0, 0.1) is 11.8 Å². The van der Waals surface area contributed by atoms with Crippen LogP contribution in [0.1, 0.15) is 36.5 Å². The van der Waals surface area contributed by atoms with Crippen LogP contribution >= 0.6 is 0 Å². The first-order valence-corrected chi connectivity index (χ1v) is 11.8. The van der Waals surface area contributed by atoms with Gasteiger partial charge in [0, 0.05) is 29.3 Å². The van der Waals surface area contributed by atoms with Crippen LogP contribution in [0.15, 0.2) is 42.5 Å². The van der Waals surface area contributed by atoms with E-state index in [2.05, 4.69) is 10.6 Å². The molecular weight excluding hydrogens is 448 g/mol. The fourth-order valence-electron chi connectivity index (χ4n) is 5.95. The van der Waals surface area contributed by atoms with E-state index in [1.54, 1.807) is 12.1 Å². The van der Waals surface area contributed by atoms with Crippen molar-refractivity contribution in [2.75, 3.05) is 12.4 Å². The first-order valence-electron chi connectivity index (χ1n) is 11.8.